The van der Waals surface area contributed by atoms with Crippen molar-refractivity contribution < 1.29 is 13.2 Å². The average molecular weight is 349 g/mol. The lowest BCUT2D eigenvalue weighted by atomic mass is 10.1. The van der Waals surface area contributed by atoms with Gasteiger partial charge in [-0.3, -0.25) is 4.90 Å². The van der Waals surface area contributed by atoms with Crippen LogP contribution in [0.1, 0.15) is 0 Å². The third kappa shape index (κ3) is 3.70. The molecule has 24 heavy (non-hydrogen) atoms. The van der Waals surface area contributed by atoms with Gasteiger partial charge < -0.3 is 10.1 Å². The molecule has 0 bridgehead atoms. The van der Waals surface area contributed by atoms with Crippen LogP contribution in [0.3, 0.4) is 0 Å². The van der Waals surface area contributed by atoms with E-state index in [4.69, 9.17) is 4.74 Å². The van der Waals surface area contributed by atoms with Gasteiger partial charge in [-0.05, 0) is 12.1 Å². The van der Waals surface area contributed by atoms with E-state index in [2.05, 4.69) is 14.9 Å². The number of hydrogen-bond acceptors (Lipinski definition) is 5. The van der Waals surface area contributed by atoms with Gasteiger partial charge >= 0.3 is 0 Å². The molecule has 0 radical (unpaired) electrons. The lowest BCUT2D eigenvalue weighted by Gasteiger charge is -2.27. The zero-order valence-corrected chi connectivity index (χ0v) is 14.6. The number of rotatable bonds is 6. The summed E-state index contributed by atoms with van der Waals surface area (Å²) in [5, 5.41) is 4.75. The number of nitrogens with one attached hydrogen (secondary N) is 2. The van der Waals surface area contributed by atoms with E-state index in [9.17, 15) is 8.42 Å². The summed E-state index contributed by atoms with van der Waals surface area (Å²) in [4.78, 5) is 2.55. The van der Waals surface area contributed by atoms with E-state index in [-0.39, 0.29) is 0 Å². The predicted octanol–water partition coefficient (Wildman–Crippen LogP) is 1.03. The number of methoxy groups -OCH3 is 1. The van der Waals surface area contributed by atoms with Crippen molar-refractivity contribution in [3.8, 4) is 5.75 Å². The quantitative estimate of drug-likeness (QED) is 0.815. The molecule has 3 rings (SSSR count). The van der Waals surface area contributed by atoms with Gasteiger partial charge in [0.1, 0.15) is 5.75 Å². The smallest absolute Gasteiger partial charge is 0.241 e. The summed E-state index contributed by atoms with van der Waals surface area (Å²) in [6.07, 6.45) is 0. The van der Waals surface area contributed by atoms with Crippen LogP contribution in [-0.2, 0) is 10.0 Å². The molecule has 2 aromatic rings. The van der Waals surface area contributed by atoms with Crippen molar-refractivity contribution in [1.82, 2.24) is 14.9 Å². The first-order valence-electron chi connectivity index (χ1n) is 8.10. The van der Waals surface area contributed by atoms with E-state index in [0.29, 0.717) is 22.6 Å². The van der Waals surface area contributed by atoms with Crippen LogP contribution < -0.4 is 14.8 Å². The van der Waals surface area contributed by atoms with Crippen molar-refractivity contribution in [2.24, 2.45) is 0 Å². The Bertz CT molecular complexity index is 802. The summed E-state index contributed by atoms with van der Waals surface area (Å²) < 4.78 is 33.5. The molecule has 0 spiro atoms. The maximum atomic E-state index is 12.7. The first-order chi connectivity index (χ1) is 11.6. The van der Waals surface area contributed by atoms with Crippen LogP contribution in [0.5, 0.6) is 5.75 Å². The van der Waals surface area contributed by atoms with Crippen LogP contribution >= 0.6 is 0 Å². The van der Waals surface area contributed by atoms with Crippen molar-refractivity contribution in [3.63, 3.8) is 0 Å². The van der Waals surface area contributed by atoms with Crippen LogP contribution in [-0.4, -0.2) is 59.7 Å². The number of hydrogen-bond donors (Lipinski definition) is 2. The molecule has 7 heteroatoms. The Morgan fingerprint density at radius 1 is 1.12 bits per heavy atom. The lowest BCUT2D eigenvalue weighted by Crippen LogP contribution is -2.46. The van der Waals surface area contributed by atoms with Gasteiger partial charge in [-0.25, -0.2) is 13.1 Å². The fourth-order valence-electron chi connectivity index (χ4n) is 3.01. The highest BCUT2D eigenvalue weighted by Crippen LogP contribution is 2.30. The van der Waals surface area contributed by atoms with E-state index in [1.54, 1.807) is 19.2 Å². The molecule has 1 aliphatic rings. The van der Waals surface area contributed by atoms with Gasteiger partial charge in [0.2, 0.25) is 10.0 Å². The van der Waals surface area contributed by atoms with Crippen LogP contribution in [0.4, 0.5) is 0 Å². The Morgan fingerprint density at radius 2 is 1.83 bits per heavy atom. The monoisotopic (exact) mass is 349 g/mol. The highest BCUT2D eigenvalue weighted by Gasteiger charge is 2.19. The van der Waals surface area contributed by atoms with E-state index in [0.717, 1.165) is 38.1 Å². The molecule has 0 atom stereocenters. The summed E-state index contributed by atoms with van der Waals surface area (Å²) >= 11 is 0. The van der Waals surface area contributed by atoms with Crippen LogP contribution in [0, 0.1) is 0 Å². The van der Waals surface area contributed by atoms with Gasteiger partial charge in [0.25, 0.3) is 0 Å². The normalized spacial score (nSPS) is 16.4. The zero-order chi connectivity index (χ0) is 17.0. The summed E-state index contributed by atoms with van der Waals surface area (Å²) in [5.74, 6) is 0.672. The van der Waals surface area contributed by atoms with Gasteiger partial charge in [-0.2, -0.15) is 0 Å². The lowest BCUT2D eigenvalue weighted by molar-refractivity contribution is 0.245. The fourth-order valence-corrected chi connectivity index (χ4v) is 4.24. The summed E-state index contributed by atoms with van der Waals surface area (Å²) in [6.45, 7) is 4.93. The molecule has 0 amide bonds. The zero-order valence-electron chi connectivity index (χ0n) is 13.8. The molecule has 2 N–H and O–H groups in total. The molecular weight excluding hydrogens is 326 g/mol. The highest BCUT2D eigenvalue weighted by atomic mass is 32.2. The molecule has 0 saturated carbocycles. The molecule has 1 fully saturated rings. The molecule has 1 heterocycles. The maximum Gasteiger partial charge on any atom is 0.241 e. The molecule has 6 nitrogen and oxygen atoms in total. The van der Waals surface area contributed by atoms with E-state index >= 15 is 0 Å². The number of nitrogens with zero attached hydrogens (tertiary/aromatic N) is 1. The molecule has 0 aromatic heterocycles. The molecule has 1 aliphatic heterocycles. The molecule has 0 aliphatic carbocycles. The van der Waals surface area contributed by atoms with Gasteiger partial charge in [-0.1, -0.05) is 24.3 Å². The van der Waals surface area contributed by atoms with Gasteiger partial charge in [0.05, 0.1) is 12.0 Å². The standard InChI is InChI=1S/C17H23N3O3S/c1-23-16-6-7-17(15-5-3-2-4-14(15)16)24(21,22)19-10-13-20-11-8-18-9-12-20/h2-7,18-19H,8-13H2,1H3. The number of ether oxygens (including phenoxy) is 1. The number of benzene rings is 2. The Morgan fingerprint density at radius 3 is 2.54 bits per heavy atom. The molecular formula is C17H23N3O3S. The SMILES string of the molecule is COc1ccc(S(=O)(=O)NCCN2CCNCC2)c2ccccc12. The predicted molar refractivity (Wildman–Crippen MR) is 95.0 cm³/mol. The molecule has 130 valence electrons. The molecule has 1 saturated heterocycles. The van der Waals surface area contributed by atoms with Crippen molar-refractivity contribution in [2.45, 2.75) is 4.90 Å². The summed E-state index contributed by atoms with van der Waals surface area (Å²) in [7, 11) is -1.98. The maximum absolute atomic E-state index is 12.7. The highest BCUT2D eigenvalue weighted by molar-refractivity contribution is 7.89. The average Bonchev–Trinajstić information content (AvgIpc) is 2.61. The molecule has 2 aromatic carbocycles. The Labute approximate surface area is 142 Å². The van der Waals surface area contributed by atoms with Gasteiger partial charge in [0.15, 0.2) is 0 Å². The first kappa shape index (κ1) is 17.2. The van der Waals surface area contributed by atoms with Crippen molar-refractivity contribution >= 4 is 20.8 Å². The second-order valence-corrected chi connectivity index (χ2v) is 7.54. The summed E-state index contributed by atoms with van der Waals surface area (Å²) in [6, 6.07) is 10.7. The second kappa shape index (κ2) is 7.48. The summed E-state index contributed by atoms with van der Waals surface area (Å²) in [5.41, 5.74) is 0. The Balaban J connectivity index is 1.78. The van der Waals surface area contributed by atoms with Crippen LogP contribution in [0.15, 0.2) is 41.3 Å². The Hall–Kier alpha value is -1.67. The van der Waals surface area contributed by atoms with E-state index < -0.39 is 10.0 Å². The first-order valence-corrected chi connectivity index (χ1v) is 9.58. The van der Waals surface area contributed by atoms with E-state index in [1.165, 1.54) is 0 Å². The minimum absolute atomic E-state index is 0.291. The van der Waals surface area contributed by atoms with Crippen LogP contribution in [0.2, 0.25) is 0 Å². The second-order valence-electron chi connectivity index (χ2n) is 5.80. The number of fused-ring (bicyclic) bond motifs is 1. The van der Waals surface area contributed by atoms with Gasteiger partial charge in [-0.15, -0.1) is 0 Å². The van der Waals surface area contributed by atoms with Crippen LogP contribution in [0.25, 0.3) is 10.8 Å². The Kier molecular flexibility index (Phi) is 5.35. The third-order valence-corrected chi connectivity index (χ3v) is 5.80. The minimum atomic E-state index is -3.56. The fraction of sp³-hybridized carbons (Fsp3) is 0.412. The number of sulfonamides is 1. The number of piperazine rings is 1. The van der Waals surface area contributed by atoms with Crippen molar-refractivity contribution in [2.75, 3.05) is 46.4 Å². The van der Waals surface area contributed by atoms with Gasteiger partial charge in [0, 0.05) is 50.0 Å². The largest absolute Gasteiger partial charge is 0.496 e. The van der Waals surface area contributed by atoms with Crippen molar-refractivity contribution in [1.29, 1.82) is 0 Å². The minimum Gasteiger partial charge on any atom is -0.496 e. The topological polar surface area (TPSA) is 70.7 Å². The van der Waals surface area contributed by atoms with E-state index in [1.807, 2.05) is 24.3 Å². The third-order valence-electron chi connectivity index (χ3n) is 4.28. The van der Waals surface area contributed by atoms with Crippen molar-refractivity contribution in [3.05, 3.63) is 36.4 Å². The molecule has 0 unspecified atom stereocenters.